The molecule has 2 rings (SSSR count). The average Bonchev–Trinajstić information content (AvgIpc) is 2.60. The maximum absolute atomic E-state index is 12.4. The highest BCUT2D eigenvalue weighted by atomic mass is 127. The van der Waals surface area contributed by atoms with E-state index >= 15 is 0 Å². The van der Waals surface area contributed by atoms with E-state index in [1.54, 1.807) is 25.3 Å². The highest BCUT2D eigenvalue weighted by Gasteiger charge is 2.14. The third kappa shape index (κ3) is 4.74. The van der Waals surface area contributed by atoms with Gasteiger partial charge in [-0.1, -0.05) is 12.1 Å². The van der Waals surface area contributed by atoms with Crippen molar-refractivity contribution in [3.8, 4) is 17.6 Å². The van der Waals surface area contributed by atoms with Crippen LogP contribution in [0, 0.1) is 14.9 Å². The summed E-state index contributed by atoms with van der Waals surface area (Å²) < 4.78 is 12.1. The summed E-state index contributed by atoms with van der Waals surface area (Å²) in [5.41, 5.74) is 1.25. The zero-order valence-corrected chi connectivity index (χ0v) is 17.2. The van der Waals surface area contributed by atoms with Crippen molar-refractivity contribution in [3.63, 3.8) is 0 Å². The Morgan fingerprint density at radius 2 is 2.00 bits per heavy atom. The van der Waals surface area contributed by atoms with Gasteiger partial charge in [0.1, 0.15) is 11.6 Å². The highest BCUT2D eigenvalue weighted by molar-refractivity contribution is 14.1. The first kappa shape index (κ1) is 19.3. The molecule has 0 aliphatic heterocycles. The van der Waals surface area contributed by atoms with Crippen molar-refractivity contribution < 1.29 is 14.3 Å². The van der Waals surface area contributed by atoms with E-state index in [2.05, 4.69) is 43.8 Å². The number of carbonyl (C=O) groups is 1. The van der Waals surface area contributed by atoms with Gasteiger partial charge < -0.3 is 14.8 Å². The number of hydrogen-bond acceptors (Lipinski definition) is 4. The molecule has 0 aliphatic rings. The van der Waals surface area contributed by atoms with Gasteiger partial charge in [-0.2, -0.15) is 5.26 Å². The second-order valence-electron chi connectivity index (χ2n) is 4.84. The minimum absolute atomic E-state index is 0.0150. The van der Waals surface area contributed by atoms with Gasteiger partial charge in [-0.3, -0.25) is 4.79 Å². The topological polar surface area (TPSA) is 71.3 Å². The smallest absolute Gasteiger partial charge is 0.266 e. The summed E-state index contributed by atoms with van der Waals surface area (Å²) in [5, 5.41) is 12.1. The summed E-state index contributed by atoms with van der Waals surface area (Å²) in [6.07, 6.45) is 1.51. The summed E-state index contributed by atoms with van der Waals surface area (Å²) in [6, 6.07) is 12.6. The summed E-state index contributed by atoms with van der Waals surface area (Å²) in [7, 11) is 3.09. The molecule has 0 fully saturated rings. The van der Waals surface area contributed by atoms with Gasteiger partial charge in [0, 0.05) is 4.47 Å². The fourth-order valence-corrected chi connectivity index (χ4v) is 3.32. The second kappa shape index (κ2) is 8.87. The fourth-order valence-electron chi connectivity index (χ4n) is 2.09. The van der Waals surface area contributed by atoms with Crippen LogP contribution < -0.4 is 14.8 Å². The van der Waals surface area contributed by atoms with E-state index < -0.39 is 5.91 Å². The number of amides is 1. The number of anilines is 1. The number of halogens is 2. The molecule has 0 saturated heterocycles. The van der Waals surface area contributed by atoms with E-state index in [-0.39, 0.29) is 5.57 Å². The Balaban J connectivity index is 2.34. The standard InChI is InChI=1S/C18H14BrIN2O3/c1-24-16-9-11(8-14(20)17(16)25-2)7-12(10-21)18(23)22-15-6-4-3-5-13(15)19/h3-9H,1-2H3,(H,22,23)/b12-7+. The molecule has 0 unspecified atom stereocenters. The van der Waals surface area contributed by atoms with Gasteiger partial charge in [0.2, 0.25) is 0 Å². The molecule has 0 saturated carbocycles. The van der Waals surface area contributed by atoms with E-state index in [1.165, 1.54) is 13.2 Å². The first-order valence-corrected chi connectivity index (χ1v) is 8.96. The number of carbonyl (C=O) groups excluding carboxylic acids is 1. The number of rotatable bonds is 5. The molecule has 128 valence electrons. The van der Waals surface area contributed by atoms with Crippen molar-refractivity contribution >= 4 is 56.2 Å². The normalized spacial score (nSPS) is 10.8. The van der Waals surface area contributed by atoms with E-state index in [4.69, 9.17) is 9.47 Å². The molecule has 1 N–H and O–H groups in total. The number of nitriles is 1. The van der Waals surface area contributed by atoms with Gasteiger partial charge in [0.15, 0.2) is 11.5 Å². The Morgan fingerprint density at radius 3 is 2.60 bits per heavy atom. The molecule has 0 bridgehead atoms. The molecule has 7 heteroatoms. The Labute approximate surface area is 167 Å². The zero-order chi connectivity index (χ0) is 18.4. The van der Waals surface area contributed by atoms with Crippen molar-refractivity contribution in [2.45, 2.75) is 0 Å². The van der Waals surface area contributed by atoms with E-state index in [1.807, 2.05) is 24.3 Å². The second-order valence-corrected chi connectivity index (χ2v) is 6.86. The van der Waals surface area contributed by atoms with Crippen LogP contribution in [-0.4, -0.2) is 20.1 Å². The maximum Gasteiger partial charge on any atom is 0.266 e. The molecule has 0 spiro atoms. The number of ether oxygens (including phenoxy) is 2. The van der Waals surface area contributed by atoms with Crippen LogP contribution in [0.4, 0.5) is 5.69 Å². The van der Waals surface area contributed by atoms with Crippen molar-refractivity contribution in [1.82, 2.24) is 0 Å². The molecule has 0 radical (unpaired) electrons. The van der Waals surface area contributed by atoms with Crippen LogP contribution in [0.25, 0.3) is 6.08 Å². The lowest BCUT2D eigenvalue weighted by molar-refractivity contribution is -0.112. The SMILES string of the molecule is COc1cc(/C=C(\C#N)C(=O)Nc2ccccc2Br)cc(I)c1OC. The average molecular weight is 513 g/mol. The predicted octanol–water partition coefficient (Wildman–Crippen LogP) is 4.62. The first-order chi connectivity index (χ1) is 12.0. The predicted molar refractivity (Wildman–Crippen MR) is 109 cm³/mol. The number of nitrogens with one attached hydrogen (secondary N) is 1. The summed E-state index contributed by atoms with van der Waals surface area (Å²) in [4.78, 5) is 12.4. The van der Waals surface area contributed by atoms with Crippen LogP contribution in [0.15, 0.2) is 46.4 Å². The summed E-state index contributed by atoms with van der Waals surface area (Å²) >= 11 is 5.47. The third-order valence-electron chi connectivity index (χ3n) is 3.25. The largest absolute Gasteiger partial charge is 0.493 e. The third-order valence-corrected chi connectivity index (χ3v) is 4.75. The van der Waals surface area contributed by atoms with Gasteiger partial charge in [-0.15, -0.1) is 0 Å². The van der Waals surface area contributed by atoms with Crippen LogP contribution >= 0.6 is 38.5 Å². The van der Waals surface area contributed by atoms with Crippen LogP contribution in [0.2, 0.25) is 0 Å². The lowest BCUT2D eigenvalue weighted by atomic mass is 10.1. The molecule has 2 aromatic rings. The van der Waals surface area contributed by atoms with Gasteiger partial charge >= 0.3 is 0 Å². The Morgan fingerprint density at radius 1 is 1.28 bits per heavy atom. The van der Waals surface area contributed by atoms with E-state index in [0.717, 1.165) is 8.04 Å². The van der Waals surface area contributed by atoms with E-state index in [9.17, 15) is 10.1 Å². The Hall–Kier alpha value is -2.05. The molecular weight excluding hydrogens is 499 g/mol. The number of para-hydroxylation sites is 1. The fraction of sp³-hybridized carbons (Fsp3) is 0.111. The molecule has 1 amide bonds. The quantitative estimate of drug-likeness (QED) is 0.360. The maximum atomic E-state index is 12.4. The van der Waals surface area contributed by atoms with Crippen molar-refractivity contribution in [2.24, 2.45) is 0 Å². The summed E-state index contributed by atoms with van der Waals surface area (Å²) in [6.45, 7) is 0. The van der Waals surface area contributed by atoms with Crippen LogP contribution in [-0.2, 0) is 4.79 Å². The van der Waals surface area contributed by atoms with Crippen LogP contribution in [0.3, 0.4) is 0 Å². The number of hydrogen-bond donors (Lipinski definition) is 1. The number of benzene rings is 2. The van der Waals surface area contributed by atoms with Gasteiger partial charge in [-0.05, 0) is 74.4 Å². The molecule has 25 heavy (non-hydrogen) atoms. The molecule has 2 aromatic carbocycles. The lowest BCUT2D eigenvalue weighted by Crippen LogP contribution is -2.13. The van der Waals surface area contributed by atoms with Gasteiger partial charge in [0.05, 0.1) is 23.5 Å². The lowest BCUT2D eigenvalue weighted by Gasteiger charge is -2.11. The van der Waals surface area contributed by atoms with Crippen molar-refractivity contribution in [3.05, 3.63) is 55.6 Å². The van der Waals surface area contributed by atoms with Crippen LogP contribution in [0.5, 0.6) is 11.5 Å². The Kier molecular flexibility index (Phi) is 6.84. The highest BCUT2D eigenvalue weighted by Crippen LogP contribution is 2.34. The van der Waals surface area contributed by atoms with Crippen molar-refractivity contribution in [1.29, 1.82) is 5.26 Å². The molecule has 0 aromatic heterocycles. The first-order valence-electron chi connectivity index (χ1n) is 7.09. The van der Waals surface area contributed by atoms with Gasteiger partial charge in [0.25, 0.3) is 5.91 Å². The summed E-state index contributed by atoms with van der Waals surface area (Å²) in [5.74, 6) is 0.653. The number of methoxy groups -OCH3 is 2. The molecule has 0 atom stereocenters. The van der Waals surface area contributed by atoms with E-state index in [0.29, 0.717) is 22.7 Å². The zero-order valence-electron chi connectivity index (χ0n) is 13.5. The van der Waals surface area contributed by atoms with Crippen molar-refractivity contribution in [2.75, 3.05) is 19.5 Å². The Bertz CT molecular complexity index is 875. The number of nitrogens with zero attached hydrogens (tertiary/aromatic N) is 1. The molecule has 0 heterocycles. The minimum atomic E-state index is -0.487. The van der Waals surface area contributed by atoms with Gasteiger partial charge in [-0.25, -0.2) is 0 Å². The molecule has 0 aliphatic carbocycles. The molecule has 5 nitrogen and oxygen atoms in total. The monoisotopic (exact) mass is 512 g/mol. The minimum Gasteiger partial charge on any atom is -0.493 e. The molecular formula is C18H14BrIN2O3. The van der Waals surface area contributed by atoms with Crippen LogP contribution in [0.1, 0.15) is 5.56 Å².